The lowest BCUT2D eigenvalue weighted by Gasteiger charge is -2.10. The number of aryl methyl sites for hydroxylation is 1. The molecule has 2 aromatic heterocycles. The molecule has 0 aliphatic rings. The Morgan fingerprint density at radius 2 is 1.79 bits per heavy atom. The summed E-state index contributed by atoms with van der Waals surface area (Å²) in [6, 6.07) is 19.2. The summed E-state index contributed by atoms with van der Waals surface area (Å²) in [4.78, 5) is 21.6. The molecular formula is C22H19N3O3S. The Balaban J connectivity index is 1.54. The van der Waals surface area contributed by atoms with E-state index in [-0.39, 0.29) is 6.61 Å². The van der Waals surface area contributed by atoms with Gasteiger partial charge in [-0.25, -0.2) is 14.8 Å². The lowest BCUT2D eigenvalue weighted by atomic mass is 10.2. The number of carbonyl (C=O) groups is 1. The molecule has 0 saturated carbocycles. The third-order valence-corrected chi connectivity index (χ3v) is 5.04. The van der Waals surface area contributed by atoms with Gasteiger partial charge in [-0.15, -0.1) is 0 Å². The van der Waals surface area contributed by atoms with Crippen molar-refractivity contribution in [3.05, 3.63) is 84.0 Å². The third kappa shape index (κ3) is 3.95. The first-order valence-electron chi connectivity index (χ1n) is 9.03. The van der Waals surface area contributed by atoms with Crippen LogP contribution in [-0.4, -0.2) is 26.8 Å². The number of hydrogen-bond acceptors (Lipinski definition) is 6. The molecule has 2 heterocycles. The van der Waals surface area contributed by atoms with Crippen LogP contribution in [0.4, 0.5) is 0 Å². The molecule has 29 heavy (non-hydrogen) atoms. The number of ether oxygens (including phenoxy) is 1. The zero-order chi connectivity index (χ0) is 20.2. The van der Waals surface area contributed by atoms with E-state index >= 15 is 0 Å². The number of thioether (sulfide) groups is 1. The summed E-state index contributed by atoms with van der Waals surface area (Å²) in [5.74, 6) is 0.663. The van der Waals surface area contributed by atoms with Crippen LogP contribution in [0.2, 0.25) is 0 Å². The van der Waals surface area contributed by atoms with E-state index in [0.717, 1.165) is 11.3 Å². The van der Waals surface area contributed by atoms with E-state index in [2.05, 4.69) is 9.97 Å². The van der Waals surface area contributed by atoms with E-state index in [1.165, 1.54) is 18.0 Å². The van der Waals surface area contributed by atoms with E-state index < -0.39 is 5.97 Å². The van der Waals surface area contributed by atoms with Crippen molar-refractivity contribution in [2.24, 2.45) is 0 Å². The molecule has 0 atom stereocenters. The summed E-state index contributed by atoms with van der Waals surface area (Å²) in [5, 5.41) is 0.715. The van der Waals surface area contributed by atoms with E-state index in [0.29, 0.717) is 28.2 Å². The van der Waals surface area contributed by atoms with Gasteiger partial charge in [0.25, 0.3) is 0 Å². The Bertz CT molecular complexity index is 1120. The molecule has 0 aliphatic carbocycles. The highest BCUT2D eigenvalue weighted by Crippen LogP contribution is 2.24. The van der Waals surface area contributed by atoms with Crippen LogP contribution in [0.5, 0.6) is 0 Å². The van der Waals surface area contributed by atoms with Crippen molar-refractivity contribution < 1.29 is 13.9 Å². The molecule has 7 heteroatoms. The highest BCUT2D eigenvalue weighted by Gasteiger charge is 2.20. The molecule has 0 fully saturated rings. The van der Waals surface area contributed by atoms with Crippen molar-refractivity contribution in [2.45, 2.75) is 18.7 Å². The summed E-state index contributed by atoms with van der Waals surface area (Å²) in [7, 11) is 0. The summed E-state index contributed by atoms with van der Waals surface area (Å²) in [6.07, 6.45) is 3.45. The number of carbonyl (C=O) groups excluding carboxylic acids is 1. The minimum atomic E-state index is -0.467. The van der Waals surface area contributed by atoms with Gasteiger partial charge in [0.1, 0.15) is 18.1 Å². The molecular weight excluding hydrogens is 386 g/mol. The van der Waals surface area contributed by atoms with Crippen molar-refractivity contribution in [3.63, 3.8) is 0 Å². The van der Waals surface area contributed by atoms with Gasteiger partial charge < -0.3 is 9.15 Å². The number of esters is 1. The fraction of sp³-hybridized carbons (Fsp3) is 0.136. The lowest BCUT2D eigenvalue weighted by Crippen LogP contribution is -2.12. The zero-order valence-electron chi connectivity index (χ0n) is 16.0. The maximum Gasteiger partial charge on any atom is 0.357 e. The Morgan fingerprint density at radius 3 is 2.48 bits per heavy atom. The fourth-order valence-corrected chi connectivity index (χ4v) is 3.47. The summed E-state index contributed by atoms with van der Waals surface area (Å²) < 4.78 is 13.1. The first kappa shape index (κ1) is 19.0. The molecule has 6 nitrogen and oxygen atoms in total. The molecule has 0 aliphatic heterocycles. The predicted octanol–water partition coefficient (Wildman–Crippen LogP) is 4.91. The molecule has 146 valence electrons. The van der Waals surface area contributed by atoms with Crippen LogP contribution in [0.15, 0.2) is 76.4 Å². The largest absolute Gasteiger partial charge is 0.454 e. The van der Waals surface area contributed by atoms with E-state index in [9.17, 15) is 4.79 Å². The smallest absolute Gasteiger partial charge is 0.357 e. The molecule has 4 rings (SSSR count). The quantitative estimate of drug-likeness (QED) is 0.335. The molecule has 0 N–H and O–H groups in total. The normalized spacial score (nSPS) is 10.8. The number of imidazole rings is 1. The summed E-state index contributed by atoms with van der Waals surface area (Å²) in [6.45, 7) is 1.83. The third-order valence-electron chi connectivity index (χ3n) is 4.39. The SMILES string of the molecule is CSc1ncc(C(=O)OCc2nc(-c3ccccc3)oc2C)n1-c1ccccc1. The maximum atomic E-state index is 12.8. The Morgan fingerprint density at radius 1 is 1.10 bits per heavy atom. The van der Waals surface area contributed by atoms with E-state index in [1.54, 1.807) is 4.57 Å². The molecule has 0 amide bonds. The average Bonchev–Trinajstić information content (AvgIpc) is 3.37. The molecule has 0 saturated heterocycles. The molecule has 0 spiro atoms. The second-order valence-electron chi connectivity index (χ2n) is 6.27. The first-order chi connectivity index (χ1) is 14.2. The number of aromatic nitrogens is 3. The van der Waals surface area contributed by atoms with Crippen LogP contribution in [0.25, 0.3) is 17.1 Å². The minimum Gasteiger partial charge on any atom is -0.454 e. The lowest BCUT2D eigenvalue weighted by molar-refractivity contribution is 0.0456. The van der Waals surface area contributed by atoms with Gasteiger partial charge >= 0.3 is 5.97 Å². The van der Waals surface area contributed by atoms with Crippen LogP contribution in [0, 0.1) is 6.92 Å². The van der Waals surface area contributed by atoms with Crippen molar-refractivity contribution in [1.29, 1.82) is 0 Å². The van der Waals surface area contributed by atoms with Gasteiger partial charge in [-0.05, 0) is 37.4 Å². The molecule has 0 radical (unpaired) electrons. The zero-order valence-corrected chi connectivity index (χ0v) is 16.8. The Hall–Kier alpha value is -3.32. The summed E-state index contributed by atoms with van der Waals surface area (Å²) in [5.41, 5.74) is 2.68. The molecule has 4 aromatic rings. The second kappa shape index (κ2) is 8.36. The van der Waals surface area contributed by atoms with Crippen molar-refractivity contribution >= 4 is 17.7 Å². The number of para-hydroxylation sites is 1. The first-order valence-corrected chi connectivity index (χ1v) is 10.3. The highest BCUT2D eigenvalue weighted by molar-refractivity contribution is 7.98. The predicted molar refractivity (Wildman–Crippen MR) is 111 cm³/mol. The van der Waals surface area contributed by atoms with Crippen LogP contribution in [0.1, 0.15) is 21.9 Å². The van der Waals surface area contributed by atoms with Gasteiger partial charge in [0.05, 0.1) is 6.20 Å². The number of oxazole rings is 1. The molecule has 0 bridgehead atoms. The van der Waals surface area contributed by atoms with Crippen LogP contribution in [-0.2, 0) is 11.3 Å². The van der Waals surface area contributed by atoms with Gasteiger partial charge in [-0.3, -0.25) is 4.57 Å². The Labute approximate surface area is 172 Å². The fourth-order valence-electron chi connectivity index (χ4n) is 2.92. The van der Waals surface area contributed by atoms with Gasteiger partial charge in [0, 0.05) is 11.3 Å². The van der Waals surface area contributed by atoms with E-state index in [1.807, 2.05) is 73.8 Å². The number of benzene rings is 2. The Kier molecular flexibility index (Phi) is 5.48. The standard InChI is InChI=1S/C22H19N3O3S/c1-15-18(24-20(28-15)16-9-5-3-6-10-16)14-27-21(26)19-13-23-22(29-2)25(19)17-11-7-4-8-12-17/h3-13H,14H2,1-2H3. The number of hydrogen-bond donors (Lipinski definition) is 0. The number of rotatable bonds is 6. The van der Waals surface area contributed by atoms with E-state index in [4.69, 9.17) is 9.15 Å². The molecule has 0 unspecified atom stereocenters. The summed E-state index contributed by atoms with van der Waals surface area (Å²) >= 11 is 1.46. The van der Waals surface area contributed by atoms with Crippen molar-refractivity contribution in [3.8, 4) is 17.1 Å². The number of nitrogens with zero attached hydrogens (tertiary/aromatic N) is 3. The van der Waals surface area contributed by atoms with Gasteiger partial charge in [-0.1, -0.05) is 48.2 Å². The minimum absolute atomic E-state index is 0.0234. The average molecular weight is 405 g/mol. The second-order valence-corrected chi connectivity index (χ2v) is 7.04. The molecule has 2 aromatic carbocycles. The van der Waals surface area contributed by atoms with Crippen molar-refractivity contribution in [2.75, 3.05) is 6.26 Å². The van der Waals surface area contributed by atoms with Crippen LogP contribution >= 0.6 is 11.8 Å². The van der Waals surface area contributed by atoms with Crippen LogP contribution in [0.3, 0.4) is 0 Å². The monoisotopic (exact) mass is 405 g/mol. The van der Waals surface area contributed by atoms with Crippen LogP contribution < -0.4 is 0 Å². The van der Waals surface area contributed by atoms with Crippen molar-refractivity contribution in [1.82, 2.24) is 14.5 Å². The maximum absolute atomic E-state index is 12.8. The highest BCUT2D eigenvalue weighted by atomic mass is 32.2. The van der Waals surface area contributed by atoms with Gasteiger partial charge in [-0.2, -0.15) is 0 Å². The topological polar surface area (TPSA) is 70.2 Å². The van der Waals surface area contributed by atoms with Gasteiger partial charge in [0.2, 0.25) is 5.89 Å². The van der Waals surface area contributed by atoms with Gasteiger partial charge in [0.15, 0.2) is 10.9 Å².